The number of anilines is 1. The zero-order chi connectivity index (χ0) is 14.7. The van der Waals surface area contributed by atoms with Crippen LogP contribution < -0.4 is 19.9 Å². The van der Waals surface area contributed by atoms with E-state index in [1.54, 1.807) is 7.11 Å². The number of fused-ring (bicyclic) bond motifs is 1. The van der Waals surface area contributed by atoms with Crippen molar-refractivity contribution in [3.63, 3.8) is 0 Å². The molecule has 0 saturated carbocycles. The van der Waals surface area contributed by atoms with Crippen molar-refractivity contribution < 1.29 is 18.9 Å². The van der Waals surface area contributed by atoms with Gasteiger partial charge in [-0.3, -0.25) is 0 Å². The second kappa shape index (κ2) is 5.93. The number of benzene rings is 2. The highest BCUT2D eigenvalue weighted by Crippen LogP contribution is 2.32. The summed E-state index contributed by atoms with van der Waals surface area (Å²) in [6.45, 7) is 1.27. The summed E-state index contributed by atoms with van der Waals surface area (Å²) in [4.78, 5) is 0. The van der Waals surface area contributed by atoms with Gasteiger partial charge in [0.2, 0.25) is 6.79 Å². The Balaban J connectivity index is 1.57. The van der Waals surface area contributed by atoms with Gasteiger partial charge in [-0.1, -0.05) is 12.1 Å². The Morgan fingerprint density at radius 2 is 1.71 bits per heavy atom. The summed E-state index contributed by atoms with van der Waals surface area (Å²) in [5.74, 6) is 2.22. The minimum Gasteiger partial charge on any atom is -0.495 e. The fraction of sp³-hybridized carbons (Fsp3) is 0.250. The lowest BCUT2D eigenvalue weighted by molar-refractivity contribution is 0.107. The molecule has 0 amide bonds. The minimum atomic E-state index is 0.283. The Hall–Kier alpha value is -2.40. The standard InChI is InChI=1S/C16H17NO4/c1-18-14-4-2-11(6-13(14)17)8-19-9-12-3-5-15-16(7-12)21-10-20-15/h2-7H,8-10,17H2,1H3. The summed E-state index contributed by atoms with van der Waals surface area (Å²) in [6.07, 6.45) is 0. The quantitative estimate of drug-likeness (QED) is 0.857. The summed E-state index contributed by atoms with van der Waals surface area (Å²) in [6, 6.07) is 11.4. The highest BCUT2D eigenvalue weighted by molar-refractivity contribution is 5.54. The first-order valence-electron chi connectivity index (χ1n) is 6.65. The molecule has 1 heterocycles. The first kappa shape index (κ1) is 13.6. The number of nitrogens with two attached hydrogens (primary N) is 1. The van der Waals surface area contributed by atoms with Crippen molar-refractivity contribution in [2.75, 3.05) is 19.6 Å². The number of rotatable bonds is 5. The number of ether oxygens (including phenoxy) is 4. The van der Waals surface area contributed by atoms with Gasteiger partial charge in [0.1, 0.15) is 5.75 Å². The minimum absolute atomic E-state index is 0.283. The lowest BCUT2D eigenvalue weighted by Crippen LogP contribution is -1.97. The molecule has 0 aliphatic carbocycles. The monoisotopic (exact) mass is 287 g/mol. The van der Waals surface area contributed by atoms with E-state index in [1.165, 1.54) is 0 Å². The van der Waals surface area contributed by atoms with Gasteiger partial charge in [0.05, 0.1) is 26.0 Å². The Labute approximate surface area is 123 Å². The number of methoxy groups -OCH3 is 1. The molecule has 2 N–H and O–H groups in total. The Morgan fingerprint density at radius 1 is 1.00 bits per heavy atom. The van der Waals surface area contributed by atoms with Gasteiger partial charge in [0.25, 0.3) is 0 Å². The highest BCUT2D eigenvalue weighted by atomic mass is 16.7. The van der Waals surface area contributed by atoms with Crippen molar-refractivity contribution in [3.8, 4) is 17.2 Å². The lowest BCUT2D eigenvalue weighted by atomic mass is 10.2. The van der Waals surface area contributed by atoms with Gasteiger partial charge in [-0.15, -0.1) is 0 Å². The van der Waals surface area contributed by atoms with E-state index in [4.69, 9.17) is 24.7 Å². The Bertz CT molecular complexity index is 642. The summed E-state index contributed by atoms with van der Waals surface area (Å²) in [5, 5.41) is 0. The summed E-state index contributed by atoms with van der Waals surface area (Å²) >= 11 is 0. The van der Waals surface area contributed by atoms with Crippen LogP contribution in [0.1, 0.15) is 11.1 Å². The molecule has 3 rings (SSSR count). The zero-order valence-electron chi connectivity index (χ0n) is 11.8. The highest BCUT2D eigenvalue weighted by Gasteiger charge is 2.13. The average molecular weight is 287 g/mol. The predicted molar refractivity (Wildman–Crippen MR) is 78.5 cm³/mol. The molecule has 0 bridgehead atoms. The fourth-order valence-electron chi connectivity index (χ4n) is 2.19. The molecule has 0 fully saturated rings. The van der Waals surface area contributed by atoms with Crippen LogP contribution in [0.2, 0.25) is 0 Å². The molecule has 1 aliphatic heterocycles. The van der Waals surface area contributed by atoms with Crippen LogP contribution in [0.15, 0.2) is 36.4 Å². The molecule has 2 aromatic rings. The van der Waals surface area contributed by atoms with Crippen molar-refractivity contribution in [3.05, 3.63) is 47.5 Å². The Kier molecular flexibility index (Phi) is 3.83. The van der Waals surface area contributed by atoms with E-state index in [0.29, 0.717) is 24.7 Å². The molecule has 0 radical (unpaired) electrons. The van der Waals surface area contributed by atoms with Crippen LogP contribution in [0, 0.1) is 0 Å². The van der Waals surface area contributed by atoms with Crippen LogP contribution in [-0.2, 0) is 18.0 Å². The fourth-order valence-corrected chi connectivity index (χ4v) is 2.19. The number of nitrogen functional groups attached to an aromatic ring is 1. The Morgan fingerprint density at radius 3 is 2.48 bits per heavy atom. The van der Waals surface area contributed by atoms with Crippen LogP contribution in [0.4, 0.5) is 5.69 Å². The van der Waals surface area contributed by atoms with Crippen molar-refractivity contribution in [2.45, 2.75) is 13.2 Å². The molecular weight excluding hydrogens is 270 g/mol. The smallest absolute Gasteiger partial charge is 0.231 e. The van der Waals surface area contributed by atoms with Crippen LogP contribution in [0.25, 0.3) is 0 Å². The van der Waals surface area contributed by atoms with Gasteiger partial charge in [-0.2, -0.15) is 0 Å². The molecule has 21 heavy (non-hydrogen) atoms. The number of hydrogen-bond donors (Lipinski definition) is 1. The first-order chi connectivity index (χ1) is 10.3. The van der Waals surface area contributed by atoms with E-state index < -0.39 is 0 Å². The SMILES string of the molecule is COc1ccc(COCc2ccc3c(c2)OCO3)cc1N. The second-order valence-corrected chi connectivity index (χ2v) is 4.76. The van der Waals surface area contributed by atoms with Crippen molar-refractivity contribution >= 4 is 5.69 Å². The summed E-state index contributed by atoms with van der Waals surface area (Å²) in [7, 11) is 1.60. The second-order valence-electron chi connectivity index (χ2n) is 4.76. The third-order valence-corrected chi connectivity index (χ3v) is 3.27. The van der Waals surface area contributed by atoms with Crippen LogP contribution in [0.5, 0.6) is 17.2 Å². The van der Waals surface area contributed by atoms with Gasteiger partial charge in [0.15, 0.2) is 11.5 Å². The van der Waals surface area contributed by atoms with Gasteiger partial charge in [-0.25, -0.2) is 0 Å². The molecule has 0 spiro atoms. The third kappa shape index (κ3) is 3.03. The summed E-state index contributed by atoms with van der Waals surface area (Å²) in [5.41, 5.74) is 8.53. The first-order valence-corrected chi connectivity index (χ1v) is 6.65. The van der Waals surface area contributed by atoms with Crippen molar-refractivity contribution in [1.29, 1.82) is 0 Å². The maximum Gasteiger partial charge on any atom is 0.231 e. The maximum atomic E-state index is 5.87. The van der Waals surface area contributed by atoms with E-state index in [9.17, 15) is 0 Å². The molecule has 0 unspecified atom stereocenters. The van der Waals surface area contributed by atoms with E-state index in [-0.39, 0.29) is 6.79 Å². The summed E-state index contributed by atoms with van der Waals surface area (Å²) < 4.78 is 21.4. The molecule has 5 nitrogen and oxygen atoms in total. The number of hydrogen-bond acceptors (Lipinski definition) is 5. The predicted octanol–water partition coefficient (Wildman–Crippen LogP) is 2.72. The molecule has 0 saturated heterocycles. The molecule has 5 heteroatoms. The molecule has 1 aliphatic rings. The van der Waals surface area contributed by atoms with E-state index >= 15 is 0 Å². The lowest BCUT2D eigenvalue weighted by Gasteiger charge is -2.08. The molecule has 0 atom stereocenters. The van der Waals surface area contributed by atoms with E-state index in [0.717, 1.165) is 22.6 Å². The average Bonchev–Trinajstić information content (AvgIpc) is 2.95. The van der Waals surface area contributed by atoms with Gasteiger partial charge >= 0.3 is 0 Å². The van der Waals surface area contributed by atoms with Gasteiger partial charge in [-0.05, 0) is 35.4 Å². The van der Waals surface area contributed by atoms with Crippen molar-refractivity contribution in [2.24, 2.45) is 0 Å². The molecular formula is C16H17NO4. The van der Waals surface area contributed by atoms with Crippen LogP contribution in [0.3, 0.4) is 0 Å². The third-order valence-electron chi connectivity index (χ3n) is 3.27. The normalized spacial score (nSPS) is 12.4. The topological polar surface area (TPSA) is 62.9 Å². The van der Waals surface area contributed by atoms with Gasteiger partial charge in [0, 0.05) is 0 Å². The molecule has 2 aromatic carbocycles. The van der Waals surface area contributed by atoms with E-state index in [2.05, 4.69) is 0 Å². The molecule has 110 valence electrons. The van der Waals surface area contributed by atoms with Crippen LogP contribution >= 0.6 is 0 Å². The molecule has 0 aromatic heterocycles. The van der Waals surface area contributed by atoms with E-state index in [1.807, 2.05) is 36.4 Å². The van der Waals surface area contributed by atoms with Crippen LogP contribution in [-0.4, -0.2) is 13.9 Å². The van der Waals surface area contributed by atoms with Crippen molar-refractivity contribution in [1.82, 2.24) is 0 Å². The maximum absolute atomic E-state index is 5.87. The zero-order valence-corrected chi connectivity index (χ0v) is 11.8. The largest absolute Gasteiger partial charge is 0.495 e. The van der Waals surface area contributed by atoms with Gasteiger partial charge < -0.3 is 24.7 Å².